The zero-order valence-corrected chi connectivity index (χ0v) is 16.5. The molecule has 5 nitrogen and oxygen atoms in total. The third kappa shape index (κ3) is 6.04. The number of aromatic nitrogens is 3. The van der Waals surface area contributed by atoms with Crippen LogP contribution in [0.25, 0.3) is 0 Å². The summed E-state index contributed by atoms with van der Waals surface area (Å²) in [5.74, 6) is 0.839. The molecular weight excluding hydrogens is 378 g/mol. The van der Waals surface area contributed by atoms with Crippen LogP contribution in [0.2, 0.25) is 10.3 Å². The first kappa shape index (κ1) is 20.8. The van der Waals surface area contributed by atoms with Gasteiger partial charge in [-0.1, -0.05) is 38.4 Å². The van der Waals surface area contributed by atoms with E-state index in [1.807, 2.05) is 6.92 Å². The Morgan fingerprint density at radius 2 is 1.88 bits per heavy atom. The summed E-state index contributed by atoms with van der Waals surface area (Å²) in [5, 5.41) is 12.8. The Balaban J connectivity index is 2.14. The Bertz CT molecular complexity index is 745. The van der Waals surface area contributed by atoms with E-state index in [2.05, 4.69) is 34.1 Å². The molecule has 0 aliphatic carbocycles. The lowest BCUT2D eigenvalue weighted by atomic mass is 9.97. The maximum absolute atomic E-state index is 13.3. The minimum Gasteiger partial charge on any atom is -0.394 e. The number of rotatable bonds is 8. The first-order valence-electron chi connectivity index (χ1n) is 8.51. The SMILES string of the molecule is CC(C)CC(CO)Nc1nc(Cl)nc(CC(C)c2ccc(F)c(Cl)c2)n1. The molecule has 2 aromatic rings. The van der Waals surface area contributed by atoms with E-state index in [1.165, 1.54) is 6.07 Å². The molecule has 1 aromatic heterocycles. The average Bonchev–Trinajstić information content (AvgIpc) is 2.55. The Morgan fingerprint density at radius 3 is 2.50 bits per heavy atom. The van der Waals surface area contributed by atoms with Crippen molar-refractivity contribution in [3.8, 4) is 0 Å². The highest BCUT2D eigenvalue weighted by molar-refractivity contribution is 6.30. The first-order chi connectivity index (χ1) is 12.3. The molecule has 1 heterocycles. The molecule has 0 aliphatic rings. The lowest BCUT2D eigenvalue weighted by Gasteiger charge is -2.18. The van der Waals surface area contributed by atoms with Gasteiger partial charge in [0, 0.05) is 6.42 Å². The minimum atomic E-state index is -0.447. The third-order valence-electron chi connectivity index (χ3n) is 3.97. The summed E-state index contributed by atoms with van der Waals surface area (Å²) in [6.07, 6.45) is 1.27. The van der Waals surface area contributed by atoms with Crippen molar-refractivity contribution in [2.75, 3.05) is 11.9 Å². The summed E-state index contributed by atoms with van der Waals surface area (Å²) < 4.78 is 13.3. The van der Waals surface area contributed by atoms with Crippen LogP contribution < -0.4 is 5.32 Å². The van der Waals surface area contributed by atoms with Crippen LogP contribution in [-0.2, 0) is 6.42 Å². The molecule has 8 heteroatoms. The number of benzene rings is 1. The van der Waals surface area contributed by atoms with E-state index in [-0.39, 0.29) is 28.9 Å². The Labute approximate surface area is 163 Å². The van der Waals surface area contributed by atoms with Gasteiger partial charge in [0.05, 0.1) is 17.7 Å². The van der Waals surface area contributed by atoms with Crippen LogP contribution in [-0.4, -0.2) is 32.7 Å². The average molecular weight is 401 g/mol. The summed E-state index contributed by atoms with van der Waals surface area (Å²) in [6.45, 7) is 6.10. The number of nitrogens with one attached hydrogen (secondary N) is 1. The molecule has 26 heavy (non-hydrogen) atoms. The molecule has 0 aliphatic heterocycles. The zero-order valence-electron chi connectivity index (χ0n) is 15.0. The fourth-order valence-electron chi connectivity index (χ4n) is 2.69. The van der Waals surface area contributed by atoms with E-state index in [0.717, 1.165) is 12.0 Å². The standard InChI is InChI=1S/C18H23Cl2FN4O/c1-10(2)6-13(9-26)22-18-24-16(23-17(20)25-18)7-11(3)12-4-5-15(21)14(19)8-12/h4-5,8,10-11,13,26H,6-7,9H2,1-3H3,(H,22,23,24,25). The van der Waals surface area contributed by atoms with Crippen molar-refractivity contribution in [2.24, 2.45) is 5.92 Å². The van der Waals surface area contributed by atoms with Crippen molar-refractivity contribution < 1.29 is 9.50 Å². The first-order valence-corrected chi connectivity index (χ1v) is 9.26. The van der Waals surface area contributed by atoms with E-state index in [4.69, 9.17) is 23.2 Å². The van der Waals surface area contributed by atoms with Gasteiger partial charge in [-0.05, 0) is 47.6 Å². The van der Waals surface area contributed by atoms with Crippen LogP contribution >= 0.6 is 23.2 Å². The van der Waals surface area contributed by atoms with Gasteiger partial charge in [-0.25, -0.2) is 9.37 Å². The predicted molar refractivity (Wildman–Crippen MR) is 102 cm³/mol. The van der Waals surface area contributed by atoms with Gasteiger partial charge in [-0.2, -0.15) is 9.97 Å². The molecule has 1 aromatic carbocycles. The van der Waals surface area contributed by atoms with Crippen LogP contribution in [0.4, 0.5) is 10.3 Å². The Kier molecular flexibility index (Phi) is 7.55. The fraction of sp³-hybridized carbons (Fsp3) is 0.500. The van der Waals surface area contributed by atoms with Gasteiger partial charge in [-0.3, -0.25) is 0 Å². The van der Waals surface area contributed by atoms with Crippen molar-refractivity contribution >= 4 is 29.2 Å². The van der Waals surface area contributed by atoms with E-state index in [9.17, 15) is 9.50 Å². The van der Waals surface area contributed by atoms with Crippen molar-refractivity contribution in [2.45, 2.75) is 45.6 Å². The van der Waals surface area contributed by atoms with Crippen LogP contribution in [0, 0.1) is 11.7 Å². The van der Waals surface area contributed by atoms with Crippen molar-refractivity contribution in [1.82, 2.24) is 15.0 Å². The molecule has 2 N–H and O–H groups in total. The van der Waals surface area contributed by atoms with E-state index >= 15 is 0 Å². The normalized spacial score (nSPS) is 13.7. The molecule has 0 saturated carbocycles. The fourth-order valence-corrected chi connectivity index (χ4v) is 3.05. The number of nitrogens with zero attached hydrogens (tertiary/aromatic N) is 3. The predicted octanol–water partition coefficient (Wildman–Crippen LogP) is 4.48. The van der Waals surface area contributed by atoms with Crippen LogP contribution in [0.3, 0.4) is 0 Å². The molecule has 0 amide bonds. The van der Waals surface area contributed by atoms with Gasteiger partial charge in [0.25, 0.3) is 0 Å². The molecule has 2 unspecified atom stereocenters. The molecule has 2 rings (SSSR count). The van der Waals surface area contributed by atoms with Gasteiger partial charge >= 0.3 is 0 Å². The summed E-state index contributed by atoms with van der Waals surface area (Å²) >= 11 is 11.9. The minimum absolute atomic E-state index is 0.0173. The molecule has 2 atom stereocenters. The molecular formula is C18H23Cl2FN4O. The second-order valence-corrected chi connectivity index (χ2v) is 7.52. The summed E-state index contributed by atoms with van der Waals surface area (Å²) in [5.41, 5.74) is 0.885. The van der Waals surface area contributed by atoms with E-state index in [1.54, 1.807) is 12.1 Å². The second-order valence-electron chi connectivity index (χ2n) is 6.78. The van der Waals surface area contributed by atoms with Crippen molar-refractivity contribution in [3.63, 3.8) is 0 Å². The second kappa shape index (κ2) is 9.44. The summed E-state index contributed by atoms with van der Waals surface area (Å²) in [4.78, 5) is 12.7. The zero-order chi connectivity index (χ0) is 19.3. The molecule has 0 fully saturated rings. The lowest BCUT2D eigenvalue weighted by molar-refractivity contribution is 0.259. The van der Waals surface area contributed by atoms with Gasteiger partial charge in [-0.15, -0.1) is 0 Å². The van der Waals surface area contributed by atoms with Crippen LogP contribution in [0.1, 0.15) is 44.5 Å². The van der Waals surface area contributed by atoms with Crippen LogP contribution in [0.5, 0.6) is 0 Å². The Morgan fingerprint density at radius 1 is 1.15 bits per heavy atom. The summed E-state index contributed by atoms with van der Waals surface area (Å²) in [7, 11) is 0. The van der Waals surface area contributed by atoms with E-state index in [0.29, 0.717) is 24.1 Å². The van der Waals surface area contributed by atoms with Gasteiger partial charge in [0.1, 0.15) is 11.6 Å². The molecule has 0 bridgehead atoms. The maximum atomic E-state index is 13.3. The van der Waals surface area contributed by atoms with E-state index < -0.39 is 5.82 Å². The number of anilines is 1. The van der Waals surface area contributed by atoms with Crippen molar-refractivity contribution in [1.29, 1.82) is 0 Å². The highest BCUT2D eigenvalue weighted by Gasteiger charge is 2.15. The highest BCUT2D eigenvalue weighted by Crippen LogP contribution is 2.24. The number of aliphatic hydroxyl groups is 1. The van der Waals surface area contributed by atoms with Gasteiger partial charge in [0.2, 0.25) is 11.2 Å². The van der Waals surface area contributed by atoms with Crippen molar-refractivity contribution in [3.05, 3.63) is 45.7 Å². The smallest absolute Gasteiger partial charge is 0.227 e. The van der Waals surface area contributed by atoms with Gasteiger partial charge in [0.15, 0.2) is 0 Å². The highest BCUT2D eigenvalue weighted by atomic mass is 35.5. The maximum Gasteiger partial charge on any atom is 0.227 e. The molecule has 0 spiro atoms. The largest absolute Gasteiger partial charge is 0.394 e. The third-order valence-corrected chi connectivity index (χ3v) is 4.42. The lowest BCUT2D eigenvalue weighted by Crippen LogP contribution is -2.27. The number of hydrogen-bond donors (Lipinski definition) is 2. The van der Waals surface area contributed by atoms with Gasteiger partial charge < -0.3 is 10.4 Å². The summed E-state index contributed by atoms with van der Waals surface area (Å²) in [6, 6.07) is 4.49. The topological polar surface area (TPSA) is 70.9 Å². The quantitative estimate of drug-likeness (QED) is 0.683. The number of halogens is 3. The number of aliphatic hydroxyl groups excluding tert-OH is 1. The monoisotopic (exact) mass is 400 g/mol. The Hall–Kier alpha value is -1.50. The molecule has 142 valence electrons. The molecule has 0 radical (unpaired) electrons. The molecule has 0 saturated heterocycles. The van der Waals surface area contributed by atoms with Crippen LogP contribution in [0.15, 0.2) is 18.2 Å². The number of hydrogen-bond acceptors (Lipinski definition) is 5.